The molecule has 1 N–H and O–H groups in total. The van der Waals surface area contributed by atoms with E-state index in [4.69, 9.17) is 23.2 Å². The number of hydrogen-bond donors (Lipinski definition) is 1. The van der Waals surface area contributed by atoms with E-state index in [2.05, 4.69) is 5.43 Å². The number of nitrogens with one attached hydrogen (secondary N) is 1. The number of imide groups is 1. The monoisotopic (exact) mass is 350 g/mol. The summed E-state index contributed by atoms with van der Waals surface area (Å²) in [7, 11) is 0. The van der Waals surface area contributed by atoms with E-state index in [9.17, 15) is 14.4 Å². The molecule has 2 aliphatic carbocycles. The van der Waals surface area contributed by atoms with Crippen LogP contribution in [0.2, 0.25) is 10.0 Å². The molecule has 3 amide bonds. The van der Waals surface area contributed by atoms with E-state index in [1.807, 2.05) is 12.2 Å². The standard InChI is InChI=1S/C16H12Cl2N2O3/c17-10-3-1-2-9(13(10)18)14(21)19-20-15(22)11-7-4-5-8(6-7)12(11)16(20)23/h1-5,7-8,11-12H,6H2,(H,19,21). The number of benzene rings is 1. The van der Waals surface area contributed by atoms with Crippen LogP contribution in [0.25, 0.3) is 0 Å². The maximum Gasteiger partial charge on any atom is 0.271 e. The molecule has 0 spiro atoms. The predicted octanol–water partition coefficient (Wildman–Crippen LogP) is 2.45. The molecule has 1 aromatic rings. The van der Waals surface area contributed by atoms with Gasteiger partial charge in [-0.05, 0) is 30.4 Å². The predicted molar refractivity (Wildman–Crippen MR) is 83.5 cm³/mol. The van der Waals surface area contributed by atoms with Crippen molar-refractivity contribution in [3.8, 4) is 0 Å². The molecule has 1 saturated heterocycles. The molecule has 1 heterocycles. The molecule has 5 nitrogen and oxygen atoms in total. The summed E-state index contributed by atoms with van der Waals surface area (Å²) in [5.41, 5.74) is 2.51. The highest BCUT2D eigenvalue weighted by atomic mass is 35.5. The van der Waals surface area contributed by atoms with Gasteiger partial charge in [-0.15, -0.1) is 0 Å². The average molecular weight is 351 g/mol. The zero-order valence-electron chi connectivity index (χ0n) is 11.8. The molecule has 0 radical (unpaired) electrons. The van der Waals surface area contributed by atoms with E-state index in [1.165, 1.54) is 6.07 Å². The van der Waals surface area contributed by atoms with Crippen molar-refractivity contribution in [2.45, 2.75) is 6.42 Å². The molecule has 2 bridgehead atoms. The van der Waals surface area contributed by atoms with Crippen LogP contribution < -0.4 is 5.43 Å². The third kappa shape index (κ3) is 2.03. The van der Waals surface area contributed by atoms with E-state index in [0.29, 0.717) is 0 Å². The van der Waals surface area contributed by atoms with Gasteiger partial charge in [0.15, 0.2) is 0 Å². The van der Waals surface area contributed by atoms with E-state index < -0.39 is 5.91 Å². The number of allylic oxidation sites excluding steroid dienone is 2. The number of hydrogen-bond acceptors (Lipinski definition) is 3. The fourth-order valence-electron chi connectivity index (χ4n) is 3.85. The van der Waals surface area contributed by atoms with Gasteiger partial charge in [0.25, 0.3) is 17.7 Å². The lowest BCUT2D eigenvalue weighted by Crippen LogP contribution is -2.47. The Kier molecular flexibility index (Phi) is 3.25. The minimum absolute atomic E-state index is 0.0905. The van der Waals surface area contributed by atoms with Crippen LogP contribution in [0.3, 0.4) is 0 Å². The van der Waals surface area contributed by atoms with Gasteiger partial charge >= 0.3 is 0 Å². The summed E-state index contributed by atoms with van der Waals surface area (Å²) in [5.74, 6) is -1.83. The third-order valence-electron chi connectivity index (χ3n) is 4.88. The maximum absolute atomic E-state index is 12.5. The Balaban J connectivity index is 1.58. The molecule has 4 unspecified atom stereocenters. The van der Waals surface area contributed by atoms with Crippen molar-refractivity contribution in [2.24, 2.45) is 23.7 Å². The molecule has 118 valence electrons. The molecule has 4 atom stereocenters. The second-order valence-electron chi connectivity index (χ2n) is 6.05. The van der Waals surface area contributed by atoms with Crippen LogP contribution in [-0.2, 0) is 9.59 Å². The zero-order valence-corrected chi connectivity index (χ0v) is 13.3. The summed E-state index contributed by atoms with van der Waals surface area (Å²) in [6.07, 6.45) is 4.83. The van der Waals surface area contributed by atoms with Crippen LogP contribution >= 0.6 is 23.2 Å². The molecule has 0 aromatic heterocycles. The van der Waals surface area contributed by atoms with Crippen molar-refractivity contribution in [2.75, 3.05) is 0 Å². The molecule has 1 aliphatic heterocycles. The number of carbonyl (C=O) groups is 3. The fourth-order valence-corrected chi connectivity index (χ4v) is 4.24. The summed E-state index contributed by atoms with van der Waals surface area (Å²) in [6.45, 7) is 0. The lowest BCUT2D eigenvalue weighted by Gasteiger charge is -2.18. The molecular weight excluding hydrogens is 339 g/mol. The first-order valence-corrected chi connectivity index (χ1v) is 8.05. The Morgan fingerprint density at radius 3 is 2.30 bits per heavy atom. The van der Waals surface area contributed by atoms with Crippen molar-refractivity contribution >= 4 is 40.9 Å². The summed E-state index contributed by atoms with van der Waals surface area (Å²) in [4.78, 5) is 37.4. The molecule has 4 rings (SSSR count). The lowest BCUT2D eigenvalue weighted by atomic mass is 9.85. The average Bonchev–Trinajstić information content (AvgIpc) is 3.19. The highest BCUT2D eigenvalue weighted by molar-refractivity contribution is 6.43. The van der Waals surface area contributed by atoms with E-state index >= 15 is 0 Å². The maximum atomic E-state index is 12.5. The topological polar surface area (TPSA) is 66.5 Å². The summed E-state index contributed by atoms with van der Waals surface area (Å²) in [6, 6.07) is 4.62. The summed E-state index contributed by atoms with van der Waals surface area (Å²) in [5, 5.41) is 1.17. The summed E-state index contributed by atoms with van der Waals surface area (Å²) < 4.78 is 0. The van der Waals surface area contributed by atoms with Crippen molar-refractivity contribution in [1.82, 2.24) is 10.4 Å². The minimum Gasteiger partial charge on any atom is -0.272 e. The number of amides is 3. The molecule has 23 heavy (non-hydrogen) atoms. The number of rotatable bonds is 2. The van der Waals surface area contributed by atoms with Crippen LogP contribution in [0.1, 0.15) is 16.8 Å². The molecule has 7 heteroatoms. The number of fused-ring (bicyclic) bond motifs is 5. The normalized spacial score (nSPS) is 31.0. The fraction of sp³-hybridized carbons (Fsp3) is 0.312. The lowest BCUT2D eigenvalue weighted by molar-refractivity contribution is -0.143. The van der Waals surface area contributed by atoms with Gasteiger partial charge in [0.2, 0.25) is 0 Å². The highest BCUT2D eigenvalue weighted by Gasteiger charge is 2.59. The van der Waals surface area contributed by atoms with Gasteiger partial charge in [-0.25, -0.2) is 0 Å². The van der Waals surface area contributed by atoms with Gasteiger partial charge in [-0.1, -0.05) is 41.4 Å². The molecule has 1 saturated carbocycles. The van der Waals surface area contributed by atoms with Crippen LogP contribution in [0.5, 0.6) is 0 Å². The minimum atomic E-state index is -0.625. The summed E-state index contributed by atoms with van der Waals surface area (Å²) >= 11 is 11.9. The van der Waals surface area contributed by atoms with Crippen LogP contribution in [-0.4, -0.2) is 22.7 Å². The van der Waals surface area contributed by atoms with Gasteiger partial charge in [-0.3, -0.25) is 19.8 Å². The Morgan fingerprint density at radius 2 is 1.70 bits per heavy atom. The number of hydrazine groups is 1. The number of nitrogens with zero attached hydrogens (tertiary/aromatic N) is 1. The first kappa shape index (κ1) is 14.7. The highest BCUT2D eigenvalue weighted by Crippen LogP contribution is 2.52. The van der Waals surface area contributed by atoms with Crippen molar-refractivity contribution in [3.63, 3.8) is 0 Å². The van der Waals surface area contributed by atoms with Gasteiger partial charge in [-0.2, -0.15) is 5.01 Å². The zero-order chi connectivity index (χ0) is 16.3. The SMILES string of the molecule is O=C(NN1C(=O)C2C3C=CC(C3)C2C1=O)c1cccc(Cl)c1Cl. The molecule has 3 aliphatic rings. The van der Waals surface area contributed by atoms with Gasteiger partial charge in [0, 0.05) is 0 Å². The second-order valence-corrected chi connectivity index (χ2v) is 6.84. The van der Waals surface area contributed by atoms with Crippen molar-refractivity contribution < 1.29 is 14.4 Å². The van der Waals surface area contributed by atoms with Gasteiger partial charge in [0.05, 0.1) is 27.4 Å². The first-order chi connectivity index (χ1) is 11.0. The quantitative estimate of drug-likeness (QED) is 0.658. The number of halogens is 2. The van der Waals surface area contributed by atoms with Crippen LogP contribution in [0.15, 0.2) is 30.4 Å². The van der Waals surface area contributed by atoms with Crippen LogP contribution in [0.4, 0.5) is 0 Å². The second kappa shape index (κ2) is 5.08. The first-order valence-electron chi connectivity index (χ1n) is 7.30. The third-order valence-corrected chi connectivity index (χ3v) is 5.70. The molecule has 2 fully saturated rings. The Bertz CT molecular complexity index is 747. The largest absolute Gasteiger partial charge is 0.272 e. The van der Waals surface area contributed by atoms with Gasteiger partial charge < -0.3 is 0 Å². The van der Waals surface area contributed by atoms with E-state index in [1.54, 1.807) is 12.1 Å². The Labute approximate surface area is 142 Å². The van der Waals surface area contributed by atoms with Gasteiger partial charge in [0.1, 0.15) is 0 Å². The van der Waals surface area contributed by atoms with E-state index in [0.717, 1.165) is 11.4 Å². The number of carbonyl (C=O) groups excluding carboxylic acids is 3. The van der Waals surface area contributed by atoms with Crippen molar-refractivity contribution in [1.29, 1.82) is 0 Å². The Morgan fingerprint density at radius 1 is 1.09 bits per heavy atom. The smallest absolute Gasteiger partial charge is 0.271 e. The van der Waals surface area contributed by atoms with Crippen molar-refractivity contribution in [3.05, 3.63) is 46.0 Å². The van der Waals surface area contributed by atoms with Crippen LogP contribution in [0, 0.1) is 23.7 Å². The molecule has 1 aromatic carbocycles. The van der Waals surface area contributed by atoms with E-state index in [-0.39, 0.29) is 51.1 Å². The molecular formula is C16H12Cl2N2O3. The Hall–Kier alpha value is -1.85.